The van der Waals surface area contributed by atoms with Crippen LogP contribution in [0.25, 0.3) is 40.0 Å². The summed E-state index contributed by atoms with van der Waals surface area (Å²) in [4.78, 5) is 10.7. The lowest BCUT2D eigenvalue weighted by Gasteiger charge is -2.12. The summed E-state index contributed by atoms with van der Waals surface area (Å²) in [6, 6.07) is 25.4. The molecule has 0 aliphatic carbocycles. The number of nitrogens with zero attached hydrogens (tertiary/aromatic N) is 2. The quantitative estimate of drug-likeness (QED) is 0.282. The van der Waals surface area contributed by atoms with Crippen LogP contribution in [0.15, 0.2) is 78.9 Å². The first-order chi connectivity index (χ1) is 16.6. The Hall–Kier alpha value is -3.83. The van der Waals surface area contributed by atoms with Gasteiger partial charge >= 0.3 is 0 Å². The Morgan fingerprint density at radius 3 is 2.15 bits per heavy atom. The Balaban J connectivity index is 1.70. The van der Waals surface area contributed by atoms with Gasteiger partial charge in [0.15, 0.2) is 0 Å². The monoisotopic (exact) mass is 452 g/mol. The van der Waals surface area contributed by atoms with Crippen LogP contribution in [0.1, 0.15) is 12.0 Å². The molecule has 3 aromatic carbocycles. The summed E-state index contributed by atoms with van der Waals surface area (Å²) in [5.41, 5.74) is 8.59. The van der Waals surface area contributed by atoms with E-state index in [9.17, 15) is 0 Å². The smallest absolute Gasteiger partial charge is 0.138 e. The second-order valence-corrected chi connectivity index (χ2v) is 8.38. The lowest BCUT2D eigenvalue weighted by Crippen LogP contribution is -2.07. The fourth-order valence-electron chi connectivity index (χ4n) is 3.81. The van der Waals surface area contributed by atoms with E-state index in [1.807, 2.05) is 21.1 Å². The van der Waals surface area contributed by atoms with Gasteiger partial charge < -0.3 is 19.9 Å². The van der Waals surface area contributed by atoms with Crippen molar-refractivity contribution >= 4 is 17.5 Å². The van der Waals surface area contributed by atoms with Gasteiger partial charge in [0.2, 0.25) is 0 Å². The molecule has 5 heteroatoms. The Bertz CT molecular complexity index is 1220. The number of H-pyrrole nitrogens is 1. The zero-order chi connectivity index (χ0) is 23.9. The van der Waals surface area contributed by atoms with Crippen molar-refractivity contribution in [1.29, 1.82) is 0 Å². The molecule has 34 heavy (non-hydrogen) atoms. The van der Waals surface area contributed by atoms with Crippen molar-refractivity contribution in [2.75, 3.05) is 45.1 Å². The summed E-state index contributed by atoms with van der Waals surface area (Å²) < 4.78 is 5.10. The highest BCUT2D eigenvalue weighted by molar-refractivity contribution is 5.82. The van der Waals surface area contributed by atoms with Gasteiger partial charge in [0.1, 0.15) is 5.82 Å². The average molecular weight is 453 g/mol. The van der Waals surface area contributed by atoms with Gasteiger partial charge in [0.05, 0.1) is 11.4 Å². The third-order valence-corrected chi connectivity index (χ3v) is 5.81. The van der Waals surface area contributed by atoms with Gasteiger partial charge in [0, 0.05) is 62.9 Å². The van der Waals surface area contributed by atoms with Crippen LogP contribution in [0.4, 0.5) is 11.4 Å². The normalized spacial score (nSPS) is 11.2. The maximum atomic E-state index is 5.10. The molecular formula is C29H32N4O. The van der Waals surface area contributed by atoms with Gasteiger partial charge in [-0.25, -0.2) is 4.98 Å². The van der Waals surface area contributed by atoms with Gasteiger partial charge in [-0.3, -0.25) is 0 Å². The third-order valence-electron chi connectivity index (χ3n) is 5.81. The Kier molecular flexibility index (Phi) is 7.45. The number of hydrogen-bond donors (Lipinski definition) is 2. The summed E-state index contributed by atoms with van der Waals surface area (Å²) in [6.07, 6.45) is 5.16. The minimum absolute atomic E-state index is 0.733. The van der Waals surface area contributed by atoms with E-state index in [0.29, 0.717) is 0 Å². The highest BCUT2D eigenvalue weighted by atomic mass is 16.5. The average Bonchev–Trinajstić information content (AvgIpc) is 3.32. The van der Waals surface area contributed by atoms with Gasteiger partial charge in [-0.2, -0.15) is 0 Å². The highest BCUT2D eigenvalue weighted by Gasteiger charge is 2.15. The van der Waals surface area contributed by atoms with E-state index >= 15 is 0 Å². The summed E-state index contributed by atoms with van der Waals surface area (Å²) in [6.45, 7) is 0.733. The van der Waals surface area contributed by atoms with Crippen LogP contribution in [0.5, 0.6) is 0 Å². The second kappa shape index (κ2) is 10.9. The standard InChI is InChI=1S/C29H32N4O/c1-30-25-16-12-22(13-17-25)27-28(23-14-18-26(19-15-23)33(2)3)32-29(31-27)24-10-8-21(9-11-24)7-5-6-20-34-4/h5,7-19,30H,6,20H2,1-4H3,(H,31,32)/b7-5+. The molecule has 2 N–H and O–H groups in total. The van der Waals surface area contributed by atoms with E-state index < -0.39 is 0 Å². The van der Waals surface area contributed by atoms with E-state index in [0.717, 1.165) is 63.9 Å². The van der Waals surface area contributed by atoms with Crippen LogP contribution >= 0.6 is 0 Å². The maximum absolute atomic E-state index is 5.10. The molecule has 1 heterocycles. The number of hydrogen-bond acceptors (Lipinski definition) is 4. The van der Waals surface area contributed by atoms with E-state index in [1.54, 1.807) is 7.11 Å². The molecular weight excluding hydrogens is 420 g/mol. The van der Waals surface area contributed by atoms with E-state index in [-0.39, 0.29) is 0 Å². The van der Waals surface area contributed by atoms with Crippen LogP contribution in [0.3, 0.4) is 0 Å². The zero-order valence-electron chi connectivity index (χ0n) is 20.3. The second-order valence-electron chi connectivity index (χ2n) is 8.38. The molecule has 0 atom stereocenters. The molecule has 4 aromatic rings. The number of aromatic nitrogens is 2. The number of anilines is 2. The number of aromatic amines is 1. The topological polar surface area (TPSA) is 53.2 Å². The first-order valence-electron chi connectivity index (χ1n) is 11.5. The van der Waals surface area contributed by atoms with E-state index in [1.165, 1.54) is 0 Å². The predicted octanol–water partition coefficient (Wildman–Crippen LogP) is 6.57. The van der Waals surface area contributed by atoms with E-state index in [4.69, 9.17) is 9.72 Å². The van der Waals surface area contributed by atoms with Gasteiger partial charge in [-0.15, -0.1) is 0 Å². The molecule has 0 spiro atoms. The number of methoxy groups -OCH3 is 1. The molecule has 0 saturated carbocycles. The lowest BCUT2D eigenvalue weighted by atomic mass is 10.0. The summed E-state index contributed by atoms with van der Waals surface area (Å²) >= 11 is 0. The van der Waals surface area contributed by atoms with E-state index in [2.05, 4.69) is 100 Å². The highest BCUT2D eigenvalue weighted by Crippen LogP contribution is 2.34. The van der Waals surface area contributed by atoms with Crippen molar-refractivity contribution in [2.45, 2.75) is 6.42 Å². The Morgan fingerprint density at radius 1 is 0.882 bits per heavy atom. The van der Waals surface area contributed by atoms with Gasteiger partial charge in [-0.1, -0.05) is 60.7 Å². The molecule has 0 amide bonds. The number of nitrogens with one attached hydrogen (secondary N) is 2. The number of rotatable bonds is 9. The molecule has 0 fully saturated rings. The lowest BCUT2D eigenvalue weighted by molar-refractivity contribution is 0.204. The predicted molar refractivity (Wildman–Crippen MR) is 144 cm³/mol. The van der Waals surface area contributed by atoms with Crippen molar-refractivity contribution in [3.05, 3.63) is 84.4 Å². The van der Waals surface area contributed by atoms with Crippen LogP contribution in [-0.2, 0) is 4.74 Å². The minimum atomic E-state index is 0.733. The number of ether oxygens (including phenoxy) is 1. The van der Waals surface area contributed by atoms with Crippen molar-refractivity contribution in [2.24, 2.45) is 0 Å². The Morgan fingerprint density at radius 2 is 1.53 bits per heavy atom. The van der Waals surface area contributed by atoms with Crippen molar-refractivity contribution in [3.63, 3.8) is 0 Å². The molecule has 0 aliphatic heterocycles. The molecule has 5 nitrogen and oxygen atoms in total. The largest absolute Gasteiger partial charge is 0.388 e. The fraction of sp³-hybridized carbons (Fsp3) is 0.207. The van der Waals surface area contributed by atoms with Crippen molar-refractivity contribution < 1.29 is 4.74 Å². The fourth-order valence-corrected chi connectivity index (χ4v) is 3.81. The van der Waals surface area contributed by atoms with Crippen molar-refractivity contribution in [3.8, 4) is 33.9 Å². The van der Waals surface area contributed by atoms with Crippen LogP contribution in [0.2, 0.25) is 0 Å². The molecule has 174 valence electrons. The molecule has 0 radical (unpaired) electrons. The molecule has 1 aromatic heterocycles. The van der Waals surface area contributed by atoms with Crippen LogP contribution < -0.4 is 10.2 Å². The van der Waals surface area contributed by atoms with Crippen LogP contribution in [0, 0.1) is 0 Å². The van der Waals surface area contributed by atoms with Gasteiger partial charge in [0.25, 0.3) is 0 Å². The molecule has 0 aliphatic rings. The summed E-state index contributed by atoms with van der Waals surface area (Å²) in [5, 5.41) is 3.18. The SMILES string of the molecule is CNc1ccc(-c2[nH]c(-c3ccc(/C=C/CCOC)cc3)nc2-c2ccc(N(C)C)cc2)cc1. The van der Waals surface area contributed by atoms with Gasteiger partial charge in [-0.05, 0) is 36.2 Å². The molecule has 0 bridgehead atoms. The zero-order valence-corrected chi connectivity index (χ0v) is 20.3. The van der Waals surface area contributed by atoms with Crippen LogP contribution in [-0.4, -0.2) is 44.8 Å². The summed E-state index contributed by atoms with van der Waals surface area (Å²) in [7, 11) is 7.75. The Labute approximate surface area is 202 Å². The first-order valence-corrected chi connectivity index (χ1v) is 11.5. The number of benzene rings is 3. The third kappa shape index (κ3) is 5.38. The molecule has 0 saturated heterocycles. The summed E-state index contributed by atoms with van der Waals surface area (Å²) in [5.74, 6) is 0.856. The molecule has 0 unspecified atom stereocenters. The first kappa shape index (κ1) is 23.3. The minimum Gasteiger partial charge on any atom is -0.388 e. The number of imidazole rings is 1. The maximum Gasteiger partial charge on any atom is 0.138 e. The van der Waals surface area contributed by atoms with Crippen molar-refractivity contribution in [1.82, 2.24) is 9.97 Å². The molecule has 4 rings (SSSR count).